The molecule has 3 aliphatic rings. The summed E-state index contributed by atoms with van der Waals surface area (Å²) in [4.78, 5) is 27.0. The molecule has 0 aromatic heterocycles. The van der Waals surface area contributed by atoms with Gasteiger partial charge in [-0.1, -0.05) is 31.0 Å². The van der Waals surface area contributed by atoms with Gasteiger partial charge in [0.1, 0.15) is 0 Å². The van der Waals surface area contributed by atoms with Crippen LogP contribution in [0.1, 0.15) is 62.5 Å². The van der Waals surface area contributed by atoms with E-state index >= 15 is 0 Å². The standard InChI is InChI=1S/C23H31ClN2O3/c1-13-8-9-18-21(22(13)24)17(12-25-18)14(2)11-20(27)26-10-4-6-15-16(23(28)29)5-3-7-19(15)26/h8-9,14-17,19,25H,3-7,10-12H2,1-2H3,(H,28,29). The van der Waals surface area contributed by atoms with E-state index in [0.717, 1.165) is 67.0 Å². The number of rotatable bonds is 4. The number of carboxylic acid groups (broad SMARTS) is 1. The summed E-state index contributed by atoms with van der Waals surface area (Å²) in [5.74, 6) is -0.305. The maximum Gasteiger partial charge on any atom is 0.306 e. The van der Waals surface area contributed by atoms with Crippen LogP contribution in [0.15, 0.2) is 12.1 Å². The van der Waals surface area contributed by atoms with E-state index in [9.17, 15) is 14.7 Å². The lowest BCUT2D eigenvalue weighted by atomic mass is 9.71. The molecule has 1 aliphatic carbocycles. The number of hydrogen-bond acceptors (Lipinski definition) is 3. The van der Waals surface area contributed by atoms with E-state index in [1.807, 2.05) is 17.9 Å². The molecule has 2 heterocycles. The van der Waals surface area contributed by atoms with E-state index in [-0.39, 0.29) is 35.6 Å². The maximum absolute atomic E-state index is 13.3. The molecule has 158 valence electrons. The van der Waals surface area contributed by atoms with Crippen molar-refractivity contribution in [3.8, 4) is 0 Å². The highest BCUT2D eigenvalue weighted by Crippen LogP contribution is 2.44. The minimum Gasteiger partial charge on any atom is -0.481 e. The summed E-state index contributed by atoms with van der Waals surface area (Å²) in [5.41, 5.74) is 3.30. The van der Waals surface area contributed by atoms with Gasteiger partial charge < -0.3 is 15.3 Å². The van der Waals surface area contributed by atoms with Crippen LogP contribution in [0.2, 0.25) is 5.02 Å². The Labute approximate surface area is 177 Å². The minimum absolute atomic E-state index is 0.0955. The lowest BCUT2D eigenvalue weighted by Gasteiger charge is -2.46. The third-order valence-corrected chi connectivity index (χ3v) is 7.94. The predicted octanol–water partition coefficient (Wildman–Crippen LogP) is 4.68. The molecule has 1 saturated carbocycles. The topological polar surface area (TPSA) is 69.6 Å². The second-order valence-electron chi connectivity index (χ2n) is 9.16. The molecule has 1 amide bonds. The second kappa shape index (κ2) is 8.17. The maximum atomic E-state index is 13.3. The molecule has 4 rings (SSSR count). The summed E-state index contributed by atoms with van der Waals surface area (Å²) < 4.78 is 0. The van der Waals surface area contributed by atoms with E-state index < -0.39 is 5.97 Å². The van der Waals surface area contributed by atoms with Crippen molar-refractivity contribution >= 4 is 29.2 Å². The number of amides is 1. The van der Waals surface area contributed by atoms with Gasteiger partial charge in [0, 0.05) is 42.2 Å². The number of aryl methyl sites for hydroxylation is 1. The molecule has 0 bridgehead atoms. The number of piperidine rings is 1. The minimum atomic E-state index is -0.694. The summed E-state index contributed by atoms with van der Waals surface area (Å²) in [5, 5.41) is 13.9. The smallest absolute Gasteiger partial charge is 0.306 e. The summed E-state index contributed by atoms with van der Waals surface area (Å²) in [6.45, 7) is 5.72. The van der Waals surface area contributed by atoms with Gasteiger partial charge in [0.2, 0.25) is 5.91 Å². The number of halogens is 1. The zero-order chi connectivity index (χ0) is 20.7. The first-order valence-electron chi connectivity index (χ1n) is 10.9. The van der Waals surface area contributed by atoms with E-state index in [0.29, 0.717) is 6.42 Å². The highest BCUT2D eigenvalue weighted by atomic mass is 35.5. The van der Waals surface area contributed by atoms with Crippen LogP contribution in [0, 0.1) is 24.7 Å². The zero-order valence-corrected chi connectivity index (χ0v) is 18.0. The van der Waals surface area contributed by atoms with Crippen LogP contribution in [0.25, 0.3) is 0 Å². The number of fused-ring (bicyclic) bond motifs is 2. The number of nitrogens with zero attached hydrogens (tertiary/aromatic N) is 1. The molecule has 5 nitrogen and oxygen atoms in total. The Hall–Kier alpha value is -1.75. The molecule has 0 spiro atoms. The van der Waals surface area contributed by atoms with Gasteiger partial charge in [-0.15, -0.1) is 0 Å². The molecule has 5 unspecified atom stereocenters. The number of hydrogen-bond donors (Lipinski definition) is 2. The quantitative estimate of drug-likeness (QED) is 0.745. The van der Waals surface area contributed by atoms with Crippen molar-refractivity contribution in [1.82, 2.24) is 4.90 Å². The van der Waals surface area contributed by atoms with E-state index in [2.05, 4.69) is 18.3 Å². The highest BCUT2D eigenvalue weighted by molar-refractivity contribution is 6.32. The third kappa shape index (κ3) is 3.74. The van der Waals surface area contributed by atoms with E-state index in [1.165, 1.54) is 0 Å². The van der Waals surface area contributed by atoms with Gasteiger partial charge in [-0.05, 0) is 61.6 Å². The summed E-state index contributed by atoms with van der Waals surface area (Å²) in [6.07, 6.45) is 4.90. The van der Waals surface area contributed by atoms with Crippen molar-refractivity contribution in [3.63, 3.8) is 0 Å². The molecule has 1 aromatic rings. The van der Waals surface area contributed by atoms with Crippen LogP contribution in [-0.4, -0.2) is 41.0 Å². The van der Waals surface area contributed by atoms with Gasteiger partial charge in [0.05, 0.1) is 5.92 Å². The summed E-state index contributed by atoms with van der Waals surface area (Å²) >= 11 is 6.61. The number of benzene rings is 1. The number of carbonyl (C=O) groups excluding carboxylic acids is 1. The highest BCUT2D eigenvalue weighted by Gasteiger charge is 2.44. The number of aliphatic carboxylic acids is 1. The predicted molar refractivity (Wildman–Crippen MR) is 114 cm³/mol. The van der Waals surface area contributed by atoms with Crippen molar-refractivity contribution < 1.29 is 14.7 Å². The van der Waals surface area contributed by atoms with Crippen LogP contribution < -0.4 is 5.32 Å². The normalized spacial score (nSPS) is 29.6. The molecule has 0 radical (unpaired) electrons. The molecule has 1 aromatic carbocycles. The fourth-order valence-corrected chi connectivity index (χ4v) is 6.17. The first kappa shape index (κ1) is 20.5. The van der Waals surface area contributed by atoms with Gasteiger partial charge in [0.15, 0.2) is 0 Å². The van der Waals surface area contributed by atoms with E-state index in [4.69, 9.17) is 11.6 Å². The van der Waals surface area contributed by atoms with Gasteiger partial charge in [-0.2, -0.15) is 0 Å². The van der Waals surface area contributed by atoms with Gasteiger partial charge in [-0.3, -0.25) is 9.59 Å². The molecule has 2 aliphatic heterocycles. The molecule has 1 saturated heterocycles. The first-order chi connectivity index (χ1) is 13.9. The fourth-order valence-electron chi connectivity index (χ4n) is 5.86. The van der Waals surface area contributed by atoms with Gasteiger partial charge in [0.25, 0.3) is 0 Å². The van der Waals surface area contributed by atoms with Crippen molar-refractivity contribution in [2.45, 2.75) is 64.3 Å². The zero-order valence-electron chi connectivity index (χ0n) is 17.3. The Morgan fingerprint density at radius 2 is 2.07 bits per heavy atom. The number of likely N-dealkylation sites (tertiary alicyclic amines) is 1. The number of carbonyl (C=O) groups is 2. The fraction of sp³-hybridized carbons (Fsp3) is 0.652. The molecule has 6 heteroatoms. The van der Waals surface area contributed by atoms with Crippen LogP contribution >= 0.6 is 11.6 Å². The molecule has 29 heavy (non-hydrogen) atoms. The SMILES string of the molecule is Cc1ccc2c(c1Cl)C(C(C)CC(=O)N1CCCC3C(C(=O)O)CCCC31)CN2. The Morgan fingerprint density at radius 1 is 1.28 bits per heavy atom. The molecular weight excluding hydrogens is 388 g/mol. The number of nitrogens with one attached hydrogen (secondary N) is 1. The number of anilines is 1. The van der Waals surface area contributed by atoms with Crippen LogP contribution in [0.4, 0.5) is 5.69 Å². The number of carboxylic acids is 1. The van der Waals surface area contributed by atoms with E-state index in [1.54, 1.807) is 0 Å². The molecule has 2 N–H and O–H groups in total. The molecule has 5 atom stereocenters. The van der Waals surface area contributed by atoms with Gasteiger partial charge >= 0.3 is 5.97 Å². The first-order valence-corrected chi connectivity index (χ1v) is 11.3. The average molecular weight is 419 g/mol. The summed E-state index contributed by atoms with van der Waals surface area (Å²) in [6, 6.07) is 4.20. The molecule has 2 fully saturated rings. The van der Waals surface area contributed by atoms with Crippen LogP contribution in [-0.2, 0) is 9.59 Å². The van der Waals surface area contributed by atoms with Crippen LogP contribution in [0.3, 0.4) is 0 Å². The third-order valence-electron chi connectivity index (χ3n) is 7.44. The Balaban J connectivity index is 1.47. The summed E-state index contributed by atoms with van der Waals surface area (Å²) in [7, 11) is 0. The second-order valence-corrected chi connectivity index (χ2v) is 9.54. The van der Waals surface area contributed by atoms with Crippen LogP contribution in [0.5, 0.6) is 0 Å². The molecular formula is C23H31ClN2O3. The van der Waals surface area contributed by atoms with Crippen molar-refractivity contribution in [1.29, 1.82) is 0 Å². The largest absolute Gasteiger partial charge is 0.481 e. The average Bonchev–Trinajstić information content (AvgIpc) is 3.14. The van der Waals surface area contributed by atoms with Crippen molar-refractivity contribution in [3.05, 3.63) is 28.3 Å². The monoisotopic (exact) mass is 418 g/mol. The Bertz CT molecular complexity index is 812. The lowest BCUT2D eigenvalue weighted by molar-refractivity contribution is -0.152. The van der Waals surface area contributed by atoms with Crippen molar-refractivity contribution in [2.24, 2.45) is 17.8 Å². The lowest BCUT2D eigenvalue weighted by Crippen LogP contribution is -2.53. The van der Waals surface area contributed by atoms with Gasteiger partial charge in [-0.25, -0.2) is 0 Å². The Kier molecular flexibility index (Phi) is 5.78. The van der Waals surface area contributed by atoms with Crippen molar-refractivity contribution in [2.75, 3.05) is 18.4 Å². The Morgan fingerprint density at radius 3 is 2.83 bits per heavy atom.